The van der Waals surface area contributed by atoms with Crippen LogP contribution >= 0.6 is 0 Å². The number of guanidine groups is 1. The molecule has 1 aliphatic rings. The van der Waals surface area contributed by atoms with Gasteiger partial charge in [-0.2, -0.15) is 0 Å². The summed E-state index contributed by atoms with van der Waals surface area (Å²) in [5, 5.41) is 3.35. The summed E-state index contributed by atoms with van der Waals surface area (Å²) in [7, 11) is 0. The van der Waals surface area contributed by atoms with E-state index in [-0.39, 0.29) is 6.09 Å². The average molecular weight is 312 g/mol. The molecule has 1 amide bonds. The number of rotatable bonds is 6. The van der Waals surface area contributed by atoms with Gasteiger partial charge in [0.25, 0.3) is 0 Å². The lowest BCUT2D eigenvalue weighted by molar-refractivity contribution is 0.0914. The smallest absolute Gasteiger partial charge is 0.409 e. The van der Waals surface area contributed by atoms with Gasteiger partial charge in [0.2, 0.25) is 0 Å². The first kappa shape index (κ1) is 18.6. The average Bonchev–Trinajstić information content (AvgIpc) is 2.50. The summed E-state index contributed by atoms with van der Waals surface area (Å²) >= 11 is 0. The van der Waals surface area contributed by atoms with Crippen molar-refractivity contribution in [1.29, 1.82) is 0 Å². The molecule has 0 unspecified atom stereocenters. The molecule has 6 heteroatoms. The third kappa shape index (κ3) is 6.54. The first-order chi connectivity index (χ1) is 10.6. The zero-order chi connectivity index (χ0) is 16.4. The number of hydrogen-bond acceptors (Lipinski definition) is 3. The molecule has 0 aromatic heterocycles. The van der Waals surface area contributed by atoms with Crippen molar-refractivity contribution in [3.8, 4) is 0 Å². The van der Waals surface area contributed by atoms with E-state index >= 15 is 0 Å². The lowest BCUT2D eigenvalue weighted by atomic mass is 10.1. The lowest BCUT2D eigenvalue weighted by Gasteiger charge is -2.35. The summed E-state index contributed by atoms with van der Waals surface area (Å²) in [6.07, 6.45) is 2.12. The van der Waals surface area contributed by atoms with Gasteiger partial charge in [-0.1, -0.05) is 13.8 Å². The van der Waals surface area contributed by atoms with Crippen LogP contribution in [-0.4, -0.2) is 67.7 Å². The fourth-order valence-corrected chi connectivity index (χ4v) is 2.43. The number of aliphatic imine (C=N–C) groups is 1. The van der Waals surface area contributed by atoms with Crippen LogP contribution in [0.3, 0.4) is 0 Å². The molecule has 1 rings (SSSR count). The summed E-state index contributed by atoms with van der Waals surface area (Å²) in [6, 6.07) is 0. The Bertz CT molecular complexity index is 350. The minimum atomic E-state index is -0.207. The largest absolute Gasteiger partial charge is 0.450 e. The van der Waals surface area contributed by atoms with Crippen LogP contribution in [0, 0.1) is 5.92 Å². The van der Waals surface area contributed by atoms with Crippen LogP contribution in [0.2, 0.25) is 0 Å². The van der Waals surface area contributed by atoms with Gasteiger partial charge in [-0.25, -0.2) is 4.79 Å². The van der Waals surface area contributed by atoms with E-state index in [9.17, 15) is 4.79 Å². The molecule has 0 radical (unpaired) electrons. The van der Waals surface area contributed by atoms with Crippen molar-refractivity contribution in [2.24, 2.45) is 10.9 Å². The van der Waals surface area contributed by atoms with Crippen LogP contribution < -0.4 is 5.32 Å². The van der Waals surface area contributed by atoms with Crippen molar-refractivity contribution in [3.63, 3.8) is 0 Å². The molecule has 0 spiro atoms. The molecular formula is C16H32N4O2. The molecular weight excluding hydrogens is 280 g/mol. The summed E-state index contributed by atoms with van der Waals surface area (Å²) in [6.45, 7) is 13.5. The van der Waals surface area contributed by atoms with Gasteiger partial charge in [0, 0.05) is 39.3 Å². The van der Waals surface area contributed by atoms with Crippen molar-refractivity contribution >= 4 is 12.1 Å². The molecule has 1 saturated heterocycles. The molecule has 0 saturated carbocycles. The van der Waals surface area contributed by atoms with Crippen LogP contribution in [0.5, 0.6) is 0 Å². The van der Waals surface area contributed by atoms with Gasteiger partial charge >= 0.3 is 6.09 Å². The fraction of sp³-hybridized carbons (Fsp3) is 0.875. The molecule has 0 aliphatic carbocycles. The van der Waals surface area contributed by atoms with Gasteiger partial charge < -0.3 is 19.9 Å². The van der Waals surface area contributed by atoms with Crippen molar-refractivity contribution in [1.82, 2.24) is 15.1 Å². The number of nitrogens with one attached hydrogen (secondary N) is 1. The monoisotopic (exact) mass is 312 g/mol. The van der Waals surface area contributed by atoms with Crippen LogP contribution in [-0.2, 0) is 4.74 Å². The van der Waals surface area contributed by atoms with Gasteiger partial charge in [0.15, 0.2) is 5.96 Å². The highest BCUT2D eigenvalue weighted by atomic mass is 16.6. The van der Waals surface area contributed by atoms with Crippen LogP contribution in [0.1, 0.15) is 40.5 Å². The highest BCUT2D eigenvalue weighted by molar-refractivity contribution is 5.80. The van der Waals surface area contributed by atoms with E-state index in [4.69, 9.17) is 9.73 Å². The number of carbonyl (C=O) groups excluding carboxylic acids is 1. The summed E-state index contributed by atoms with van der Waals surface area (Å²) in [4.78, 5) is 20.4. The fourth-order valence-electron chi connectivity index (χ4n) is 2.43. The Hall–Kier alpha value is -1.46. The molecule has 0 atom stereocenters. The zero-order valence-corrected chi connectivity index (χ0v) is 14.6. The Morgan fingerprint density at radius 2 is 1.82 bits per heavy atom. The third-order valence-corrected chi connectivity index (χ3v) is 3.64. The van der Waals surface area contributed by atoms with E-state index in [0.717, 1.165) is 44.5 Å². The zero-order valence-electron chi connectivity index (χ0n) is 14.6. The number of amides is 1. The Morgan fingerprint density at radius 1 is 1.18 bits per heavy atom. The molecule has 128 valence electrons. The topological polar surface area (TPSA) is 57.2 Å². The van der Waals surface area contributed by atoms with E-state index in [1.165, 1.54) is 6.42 Å². The molecule has 0 aromatic carbocycles. The molecule has 0 aromatic rings. The highest BCUT2D eigenvalue weighted by Crippen LogP contribution is 2.06. The Kier molecular flexibility index (Phi) is 8.70. The maximum absolute atomic E-state index is 11.7. The second-order valence-corrected chi connectivity index (χ2v) is 5.94. The molecule has 1 N–H and O–H groups in total. The van der Waals surface area contributed by atoms with E-state index in [1.807, 2.05) is 6.92 Å². The minimum absolute atomic E-state index is 0.207. The summed E-state index contributed by atoms with van der Waals surface area (Å²) < 4.78 is 5.05. The first-order valence-corrected chi connectivity index (χ1v) is 8.53. The molecule has 6 nitrogen and oxygen atoms in total. The number of piperazine rings is 1. The second-order valence-electron chi connectivity index (χ2n) is 5.94. The predicted octanol–water partition coefficient (Wildman–Crippen LogP) is 2.16. The van der Waals surface area contributed by atoms with E-state index < -0.39 is 0 Å². The van der Waals surface area contributed by atoms with Crippen molar-refractivity contribution in [3.05, 3.63) is 0 Å². The van der Waals surface area contributed by atoms with E-state index in [1.54, 1.807) is 4.90 Å². The quantitative estimate of drug-likeness (QED) is 0.464. The number of hydrogen-bond donors (Lipinski definition) is 1. The SMILES string of the molecule is CCNC(=NCCCC(C)C)N1CCN(C(=O)OCC)CC1. The van der Waals surface area contributed by atoms with Gasteiger partial charge in [-0.05, 0) is 32.6 Å². The maximum atomic E-state index is 11.7. The molecule has 22 heavy (non-hydrogen) atoms. The Balaban J connectivity index is 2.45. The number of ether oxygens (including phenoxy) is 1. The minimum Gasteiger partial charge on any atom is -0.450 e. The number of nitrogens with zero attached hydrogens (tertiary/aromatic N) is 3. The molecule has 1 heterocycles. The lowest BCUT2D eigenvalue weighted by Crippen LogP contribution is -2.53. The normalized spacial score (nSPS) is 16.1. The standard InChI is InChI=1S/C16H32N4O2/c1-5-17-15(18-9-7-8-14(3)4)19-10-12-20(13-11-19)16(21)22-6-2/h14H,5-13H2,1-4H3,(H,17,18). The second kappa shape index (κ2) is 10.3. The molecule has 1 fully saturated rings. The maximum Gasteiger partial charge on any atom is 0.409 e. The van der Waals surface area contributed by atoms with E-state index in [2.05, 4.69) is 31.0 Å². The highest BCUT2D eigenvalue weighted by Gasteiger charge is 2.23. The van der Waals surface area contributed by atoms with Crippen LogP contribution in [0.15, 0.2) is 4.99 Å². The van der Waals surface area contributed by atoms with Gasteiger partial charge in [0.1, 0.15) is 0 Å². The van der Waals surface area contributed by atoms with Gasteiger partial charge in [-0.3, -0.25) is 4.99 Å². The van der Waals surface area contributed by atoms with Crippen molar-refractivity contribution < 1.29 is 9.53 Å². The molecule has 1 aliphatic heterocycles. The van der Waals surface area contributed by atoms with Crippen molar-refractivity contribution in [2.75, 3.05) is 45.9 Å². The Morgan fingerprint density at radius 3 is 2.36 bits per heavy atom. The number of carbonyl (C=O) groups is 1. The van der Waals surface area contributed by atoms with Crippen LogP contribution in [0.4, 0.5) is 4.79 Å². The first-order valence-electron chi connectivity index (χ1n) is 8.53. The van der Waals surface area contributed by atoms with E-state index in [0.29, 0.717) is 19.7 Å². The summed E-state index contributed by atoms with van der Waals surface area (Å²) in [5.74, 6) is 1.70. The van der Waals surface area contributed by atoms with Gasteiger partial charge in [-0.15, -0.1) is 0 Å². The van der Waals surface area contributed by atoms with Gasteiger partial charge in [0.05, 0.1) is 6.61 Å². The molecule has 0 bridgehead atoms. The van der Waals surface area contributed by atoms with Crippen LogP contribution in [0.25, 0.3) is 0 Å². The Labute approximate surface area is 134 Å². The van der Waals surface area contributed by atoms with Crippen molar-refractivity contribution in [2.45, 2.75) is 40.5 Å². The third-order valence-electron chi connectivity index (χ3n) is 3.64. The summed E-state index contributed by atoms with van der Waals surface area (Å²) in [5.41, 5.74) is 0. The predicted molar refractivity (Wildman–Crippen MR) is 90.2 cm³/mol.